The number of thioether (sulfide) groups is 1. The molecule has 0 heterocycles. The van der Waals surface area contributed by atoms with Crippen LogP contribution in [0.1, 0.15) is 43.7 Å². The van der Waals surface area contributed by atoms with Gasteiger partial charge in [0.05, 0.1) is 18.6 Å². The van der Waals surface area contributed by atoms with Crippen LogP contribution in [0.5, 0.6) is 5.75 Å². The predicted molar refractivity (Wildman–Crippen MR) is 123 cm³/mol. The summed E-state index contributed by atoms with van der Waals surface area (Å²) in [6.45, 7) is 4.99. The average Bonchev–Trinajstić information content (AvgIpc) is 3.58. The van der Waals surface area contributed by atoms with Gasteiger partial charge in [0.15, 0.2) is 0 Å². The van der Waals surface area contributed by atoms with Crippen LogP contribution in [0.3, 0.4) is 0 Å². The molecule has 0 aromatic heterocycles. The molecule has 1 aliphatic carbocycles. The summed E-state index contributed by atoms with van der Waals surface area (Å²) >= 11 is 1.36. The minimum Gasteiger partial charge on any atom is -0.497 e. The van der Waals surface area contributed by atoms with Crippen LogP contribution in [-0.2, 0) is 16.1 Å². The predicted octanol–water partition coefficient (Wildman–Crippen LogP) is 4.68. The largest absolute Gasteiger partial charge is 0.497 e. The van der Waals surface area contributed by atoms with Crippen molar-refractivity contribution >= 4 is 29.3 Å². The first-order chi connectivity index (χ1) is 14.5. The van der Waals surface area contributed by atoms with E-state index in [0.717, 1.165) is 29.8 Å². The molecule has 3 rings (SSSR count). The third-order valence-corrected chi connectivity index (χ3v) is 6.06. The molecule has 0 bridgehead atoms. The molecule has 0 spiro atoms. The number of carbonyl (C=O) groups excluding carboxylic acids is 2. The fourth-order valence-corrected chi connectivity index (χ4v) is 3.90. The van der Waals surface area contributed by atoms with E-state index < -0.39 is 0 Å². The molecular weight excluding hydrogens is 396 g/mol. The van der Waals surface area contributed by atoms with E-state index in [1.807, 2.05) is 4.90 Å². The summed E-state index contributed by atoms with van der Waals surface area (Å²) < 4.78 is 5.11. The van der Waals surface area contributed by atoms with Crippen molar-refractivity contribution in [2.75, 3.05) is 23.9 Å². The van der Waals surface area contributed by atoms with Crippen LogP contribution in [0.4, 0.5) is 5.69 Å². The number of hydrogen-bond donors (Lipinski definition) is 1. The Labute approximate surface area is 183 Å². The van der Waals surface area contributed by atoms with Crippen molar-refractivity contribution in [2.45, 2.75) is 45.2 Å². The van der Waals surface area contributed by atoms with Crippen LogP contribution < -0.4 is 10.1 Å². The number of rotatable bonds is 10. The summed E-state index contributed by atoms with van der Waals surface area (Å²) in [5.74, 6) is 1.80. The van der Waals surface area contributed by atoms with Gasteiger partial charge in [-0.15, -0.1) is 11.8 Å². The standard InChI is InChI=1S/C24H30N2O3S/c1-17(2)19-6-4-18(5-7-19)14-26(21-10-11-21)24(28)16-30-15-23(27)25-20-8-12-22(29-3)13-9-20/h4-9,12-13,17,21H,10-11,14-16H2,1-3H3,(H,25,27). The highest BCUT2D eigenvalue weighted by molar-refractivity contribution is 8.00. The molecule has 6 heteroatoms. The Morgan fingerprint density at radius 3 is 2.30 bits per heavy atom. The van der Waals surface area contributed by atoms with E-state index in [0.29, 0.717) is 24.3 Å². The summed E-state index contributed by atoms with van der Waals surface area (Å²) in [4.78, 5) is 26.9. The van der Waals surface area contributed by atoms with Gasteiger partial charge in [-0.2, -0.15) is 0 Å². The van der Waals surface area contributed by atoms with Crippen LogP contribution in [0.25, 0.3) is 0 Å². The van der Waals surface area contributed by atoms with Gasteiger partial charge in [0.1, 0.15) is 5.75 Å². The molecule has 0 aliphatic heterocycles. The summed E-state index contributed by atoms with van der Waals surface area (Å²) in [6.07, 6.45) is 2.14. The monoisotopic (exact) mass is 426 g/mol. The topological polar surface area (TPSA) is 58.6 Å². The fourth-order valence-electron chi connectivity index (χ4n) is 3.20. The van der Waals surface area contributed by atoms with E-state index in [1.165, 1.54) is 17.3 Å². The van der Waals surface area contributed by atoms with Gasteiger partial charge in [-0.3, -0.25) is 9.59 Å². The van der Waals surface area contributed by atoms with Crippen LogP contribution in [0, 0.1) is 0 Å². The number of nitrogens with zero attached hydrogens (tertiary/aromatic N) is 1. The van der Waals surface area contributed by atoms with Crippen LogP contribution in [-0.4, -0.2) is 41.4 Å². The van der Waals surface area contributed by atoms with Gasteiger partial charge in [0.2, 0.25) is 11.8 Å². The Kier molecular flexibility index (Phi) is 7.80. The second-order valence-electron chi connectivity index (χ2n) is 7.92. The molecule has 0 unspecified atom stereocenters. The van der Waals surface area contributed by atoms with Crippen molar-refractivity contribution in [2.24, 2.45) is 0 Å². The van der Waals surface area contributed by atoms with Crippen molar-refractivity contribution < 1.29 is 14.3 Å². The molecule has 2 amide bonds. The lowest BCUT2D eigenvalue weighted by Crippen LogP contribution is -2.34. The maximum atomic E-state index is 12.8. The Morgan fingerprint density at radius 2 is 1.73 bits per heavy atom. The normalized spacial score (nSPS) is 13.2. The molecule has 0 saturated heterocycles. The van der Waals surface area contributed by atoms with Gasteiger partial charge in [0.25, 0.3) is 0 Å². The van der Waals surface area contributed by atoms with Crippen LogP contribution in [0.15, 0.2) is 48.5 Å². The minimum absolute atomic E-state index is 0.104. The molecule has 1 fully saturated rings. The van der Waals surface area contributed by atoms with Crippen molar-refractivity contribution in [1.82, 2.24) is 4.90 Å². The third kappa shape index (κ3) is 6.52. The van der Waals surface area contributed by atoms with Gasteiger partial charge in [-0.25, -0.2) is 0 Å². The summed E-state index contributed by atoms with van der Waals surface area (Å²) in [5.41, 5.74) is 3.18. The molecular formula is C24H30N2O3S. The number of methoxy groups -OCH3 is 1. The van der Waals surface area contributed by atoms with E-state index in [9.17, 15) is 9.59 Å². The second kappa shape index (κ2) is 10.5. The van der Waals surface area contributed by atoms with E-state index in [2.05, 4.69) is 43.4 Å². The SMILES string of the molecule is COc1ccc(NC(=O)CSCC(=O)N(Cc2ccc(C(C)C)cc2)C2CC2)cc1. The van der Waals surface area contributed by atoms with E-state index in [-0.39, 0.29) is 17.6 Å². The number of benzene rings is 2. The maximum Gasteiger partial charge on any atom is 0.234 e. The van der Waals surface area contributed by atoms with Crippen LogP contribution in [0.2, 0.25) is 0 Å². The average molecular weight is 427 g/mol. The molecule has 1 saturated carbocycles. The molecule has 0 atom stereocenters. The molecule has 5 nitrogen and oxygen atoms in total. The van der Waals surface area contributed by atoms with E-state index >= 15 is 0 Å². The van der Waals surface area contributed by atoms with Crippen molar-refractivity contribution in [3.63, 3.8) is 0 Å². The summed E-state index contributed by atoms with van der Waals surface area (Å²) in [5, 5.41) is 2.85. The number of ether oxygens (including phenoxy) is 1. The van der Waals surface area contributed by atoms with Gasteiger partial charge >= 0.3 is 0 Å². The molecule has 1 aliphatic rings. The van der Waals surface area contributed by atoms with Crippen molar-refractivity contribution in [3.05, 3.63) is 59.7 Å². The molecule has 160 valence electrons. The molecule has 0 radical (unpaired) electrons. The smallest absolute Gasteiger partial charge is 0.234 e. The second-order valence-corrected chi connectivity index (χ2v) is 8.90. The lowest BCUT2D eigenvalue weighted by molar-refractivity contribution is -0.129. The van der Waals surface area contributed by atoms with Gasteiger partial charge in [-0.05, 0) is 54.2 Å². The number of hydrogen-bond acceptors (Lipinski definition) is 4. The fraction of sp³-hybridized carbons (Fsp3) is 0.417. The number of amides is 2. The molecule has 30 heavy (non-hydrogen) atoms. The zero-order chi connectivity index (χ0) is 21.5. The van der Waals surface area contributed by atoms with E-state index in [4.69, 9.17) is 4.74 Å². The Balaban J connectivity index is 1.46. The minimum atomic E-state index is -0.111. The highest BCUT2D eigenvalue weighted by Gasteiger charge is 2.32. The van der Waals surface area contributed by atoms with Gasteiger partial charge in [-0.1, -0.05) is 38.1 Å². The number of carbonyl (C=O) groups is 2. The number of anilines is 1. The highest BCUT2D eigenvalue weighted by atomic mass is 32.2. The Morgan fingerprint density at radius 1 is 1.07 bits per heavy atom. The summed E-state index contributed by atoms with van der Waals surface area (Å²) in [6, 6.07) is 16.1. The Hall–Kier alpha value is -2.47. The lowest BCUT2D eigenvalue weighted by Gasteiger charge is -2.23. The zero-order valence-corrected chi connectivity index (χ0v) is 18.7. The van der Waals surface area contributed by atoms with Crippen molar-refractivity contribution in [3.8, 4) is 5.75 Å². The third-order valence-electron chi connectivity index (χ3n) is 5.14. The van der Waals surface area contributed by atoms with Gasteiger partial charge in [0, 0.05) is 18.3 Å². The zero-order valence-electron chi connectivity index (χ0n) is 17.9. The molecule has 2 aromatic rings. The highest BCUT2D eigenvalue weighted by Crippen LogP contribution is 2.29. The first-order valence-corrected chi connectivity index (χ1v) is 11.5. The molecule has 1 N–H and O–H groups in total. The van der Waals surface area contributed by atoms with Crippen molar-refractivity contribution in [1.29, 1.82) is 0 Å². The molecule has 2 aromatic carbocycles. The lowest BCUT2D eigenvalue weighted by atomic mass is 10.0. The van der Waals surface area contributed by atoms with Gasteiger partial charge < -0.3 is 15.0 Å². The number of nitrogens with one attached hydrogen (secondary N) is 1. The maximum absolute atomic E-state index is 12.8. The Bertz CT molecular complexity index is 846. The van der Waals surface area contributed by atoms with E-state index in [1.54, 1.807) is 31.4 Å². The van der Waals surface area contributed by atoms with Crippen LogP contribution >= 0.6 is 11.8 Å². The quantitative estimate of drug-likeness (QED) is 0.599. The first kappa shape index (κ1) is 22.2. The first-order valence-electron chi connectivity index (χ1n) is 10.4. The summed E-state index contributed by atoms with van der Waals surface area (Å²) in [7, 11) is 1.60.